The Balaban J connectivity index is 1.70. The molecule has 0 heterocycles. The second kappa shape index (κ2) is 8.08. The molecule has 0 saturated heterocycles. The zero-order valence-corrected chi connectivity index (χ0v) is 12.9. The number of para-hydroxylation sites is 2. The van der Waals surface area contributed by atoms with Gasteiger partial charge >= 0.3 is 0 Å². The van der Waals surface area contributed by atoms with Gasteiger partial charge in [0.05, 0.1) is 12.3 Å². The van der Waals surface area contributed by atoms with Gasteiger partial charge < -0.3 is 15.4 Å². The van der Waals surface area contributed by atoms with Gasteiger partial charge in [-0.15, -0.1) is 0 Å². The first-order chi connectivity index (χ1) is 10.7. The molecule has 0 aliphatic carbocycles. The summed E-state index contributed by atoms with van der Waals surface area (Å²) in [6.07, 6.45) is 1.14. The molecule has 2 aromatic rings. The second-order valence-electron chi connectivity index (χ2n) is 5.23. The predicted molar refractivity (Wildman–Crippen MR) is 88.5 cm³/mol. The maximum absolute atomic E-state index is 12.1. The van der Waals surface area contributed by atoms with E-state index in [1.165, 1.54) is 0 Å². The lowest BCUT2D eigenvalue weighted by molar-refractivity contribution is -0.130. The highest BCUT2D eigenvalue weighted by Gasteiger charge is 2.09. The van der Waals surface area contributed by atoms with E-state index >= 15 is 0 Å². The van der Waals surface area contributed by atoms with Gasteiger partial charge in [-0.1, -0.05) is 42.5 Å². The van der Waals surface area contributed by atoms with Gasteiger partial charge in [0.1, 0.15) is 5.75 Å². The molecule has 0 fully saturated rings. The first kappa shape index (κ1) is 15.9. The van der Waals surface area contributed by atoms with Crippen LogP contribution in [0.25, 0.3) is 0 Å². The van der Waals surface area contributed by atoms with Gasteiger partial charge in [0.25, 0.3) is 0 Å². The van der Waals surface area contributed by atoms with Crippen LogP contribution in [0.1, 0.15) is 18.4 Å². The highest BCUT2D eigenvalue weighted by atomic mass is 16.5. The molecule has 0 aliphatic heterocycles. The maximum Gasteiger partial charge on any atom is 0.222 e. The summed E-state index contributed by atoms with van der Waals surface area (Å²) in [4.78, 5) is 13.8. The number of carbonyl (C=O) groups is 1. The number of hydrogen-bond donors (Lipinski definition) is 1. The van der Waals surface area contributed by atoms with Crippen LogP contribution in [-0.2, 0) is 11.3 Å². The van der Waals surface area contributed by atoms with Crippen LogP contribution in [0.4, 0.5) is 5.69 Å². The average molecular weight is 298 g/mol. The smallest absolute Gasteiger partial charge is 0.222 e. The van der Waals surface area contributed by atoms with Crippen LogP contribution in [0, 0.1) is 0 Å². The van der Waals surface area contributed by atoms with Crippen molar-refractivity contribution < 1.29 is 9.53 Å². The normalized spacial score (nSPS) is 10.2. The molecular weight excluding hydrogens is 276 g/mol. The van der Waals surface area contributed by atoms with Crippen LogP contribution in [0.15, 0.2) is 54.6 Å². The molecule has 4 heteroatoms. The second-order valence-corrected chi connectivity index (χ2v) is 5.23. The van der Waals surface area contributed by atoms with E-state index < -0.39 is 0 Å². The molecule has 2 rings (SSSR count). The van der Waals surface area contributed by atoms with E-state index in [-0.39, 0.29) is 5.91 Å². The van der Waals surface area contributed by atoms with Crippen molar-refractivity contribution in [2.75, 3.05) is 19.4 Å². The van der Waals surface area contributed by atoms with Gasteiger partial charge in [0.2, 0.25) is 5.91 Å². The summed E-state index contributed by atoms with van der Waals surface area (Å²) < 4.78 is 5.59. The molecular formula is C18H22N2O2. The number of nitrogen functional groups attached to an aromatic ring is 1. The van der Waals surface area contributed by atoms with Gasteiger partial charge in [0.15, 0.2) is 0 Å². The number of nitrogens with two attached hydrogens (primary N) is 1. The Morgan fingerprint density at radius 3 is 2.50 bits per heavy atom. The molecule has 0 spiro atoms. The largest absolute Gasteiger partial charge is 0.491 e. The van der Waals surface area contributed by atoms with E-state index in [9.17, 15) is 4.79 Å². The minimum Gasteiger partial charge on any atom is -0.491 e. The average Bonchev–Trinajstić information content (AvgIpc) is 2.53. The Morgan fingerprint density at radius 1 is 1.09 bits per heavy atom. The number of anilines is 1. The molecule has 0 atom stereocenters. The summed E-state index contributed by atoms with van der Waals surface area (Å²) in [5, 5.41) is 0. The molecule has 22 heavy (non-hydrogen) atoms. The van der Waals surface area contributed by atoms with Crippen LogP contribution < -0.4 is 10.5 Å². The molecule has 0 saturated carbocycles. The SMILES string of the molecule is CN(Cc1ccccc1)C(=O)CCCOc1ccccc1N. The van der Waals surface area contributed by atoms with Crippen molar-refractivity contribution in [3.05, 3.63) is 60.2 Å². The topological polar surface area (TPSA) is 55.6 Å². The van der Waals surface area contributed by atoms with Gasteiger partial charge in [0, 0.05) is 20.0 Å². The third-order valence-electron chi connectivity index (χ3n) is 3.40. The number of hydrogen-bond acceptors (Lipinski definition) is 3. The Morgan fingerprint density at radius 2 is 1.77 bits per heavy atom. The van der Waals surface area contributed by atoms with E-state index in [1.807, 2.05) is 55.6 Å². The van der Waals surface area contributed by atoms with Crippen molar-refractivity contribution in [2.45, 2.75) is 19.4 Å². The van der Waals surface area contributed by atoms with E-state index in [4.69, 9.17) is 10.5 Å². The molecule has 2 aromatic carbocycles. The number of nitrogens with zero attached hydrogens (tertiary/aromatic N) is 1. The van der Waals surface area contributed by atoms with Crippen molar-refractivity contribution >= 4 is 11.6 Å². The predicted octanol–water partition coefficient (Wildman–Crippen LogP) is 3.09. The summed E-state index contributed by atoms with van der Waals surface area (Å²) >= 11 is 0. The molecule has 0 aromatic heterocycles. The zero-order valence-electron chi connectivity index (χ0n) is 12.9. The first-order valence-corrected chi connectivity index (χ1v) is 7.42. The van der Waals surface area contributed by atoms with Crippen LogP contribution in [0.3, 0.4) is 0 Å². The zero-order chi connectivity index (χ0) is 15.8. The van der Waals surface area contributed by atoms with Crippen molar-refractivity contribution in [3.63, 3.8) is 0 Å². The molecule has 0 radical (unpaired) electrons. The molecule has 0 aliphatic rings. The molecule has 4 nitrogen and oxygen atoms in total. The monoisotopic (exact) mass is 298 g/mol. The lowest BCUT2D eigenvalue weighted by Crippen LogP contribution is -2.26. The van der Waals surface area contributed by atoms with Gasteiger partial charge in [-0.3, -0.25) is 4.79 Å². The minimum absolute atomic E-state index is 0.119. The highest BCUT2D eigenvalue weighted by Crippen LogP contribution is 2.19. The van der Waals surface area contributed by atoms with E-state index in [0.717, 1.165) is 5.56 Å². The highest BCUT2D eigenvalue weighted by molar-refractivity contribution is 5.75. The maximum atomic E-state index is 12.1. The number of benzene rings is 2. The molecule has 0 bridgehead atoms. The Labute approximate surface area is 131 Å². The third kappa shape index (κ3) is 4.81. The quantitative estimate of drug-likeness (QED) is 0.631. The Hall–Kier alpha value is -2.49. The van der Waals surface area contributed by atoms with Gasteiger partial charge in [-0.25, -0.2) is 0 Å². The van der Waals surface area contributed by atoms with Gasteiger partial charge in [-0.2, -0.15) is 0 Å². The summed E-state index contributed by atoms with van der Waals surface area (Å²) in [6, 6.07) is 17.3. The summed E-state index contributed by atoms with van der Waals surface area (Å²) in [5.74, 6) is 0.793. The summed E-state index contributed by atoms with van der Waals surface area (Å²) in [6.45, 7) is 1.12. The van der Waals surface area contributed by atoms with Crippen molar-refractivity contribution in [3.8, 4) is 5.75 Å². The van der Waals surface area contributed by atoms with Crippen molar-refractivity contribution in [1.29, 1.82) is 0 Å². The standard InChI is InChI=1S/C18H22N2O2/c1-20(14-15-8-3-2-4-9-15)18(21)12-7-13-22-17-11-6-5-10-16(17)19/h2-6,8-11H,7,12-14,19H2,1H3. The van der Waals surface area contributed by atoms with Crippen LogP contribution in [0.2, 0.25) is 0 Å². The minimum atomic E-state index is 0.119. The van der Waals surface area contributed by atoms with E-state index in [0.29, 0.717) is 37.4 Å². The lowest BCUT2D eigenvalue weighted by Gasteiger charge is -2.17. The molecule has 116 valence electrons. The fourth-order valence-corrected chi connectivity index (χ4v) is 2.15. The fourth-order valence-electron chi connectivity index (χ4n) is 2.15. The van der Waals surface area contributed by atoms with Crippen molar-refractivity contribution in [2.24, 2.45) is 0 Å². The van der Waals surface area contributed by atoms with Crippen LogP contribution in [-0.4, -0.2) is 24.5 Å². The number of rotatable bonds is 7. The molecule has 1 amide bonds. The van der Waals surface area contributed by atoms with E-state index in [2.05, 4.69) is 0 Å². The van der Waals surface area contributed by atoms with E-state index in [1.54, 1.807) is 11.0 Å². The number of ether oxygens (including phenoxy) is 1. The third-order valence-corrected chi connectivity index (χ3v) is 3.40. The Kier molecular flexibility index (Phi) is 5.83. The van der Waals surface area contributed by atoms with Gasteiger partial charge in [-0.05, 0) is 24.1 Å². The first-order valence-electron chi connectivity index (χ1n) is 7.42. The number of amides is 1. The molecule has 0 unspecified atom stereocenters. The Bertz CT molecular complexity index is 599. The molecule has 2 N–H and O–H groups in total. The van der Waals surface area contributed by atoms with Crippen LogP contribution in [0.5, 0.6) is 5.75 Å². The van der Waals surface area contributed by atoms with Crippen molar-refractivity contribution in [1.82, 2.24) is 4.90 Å². The summed E-state index contributed by atoms with van der Waals surface area (Å²) in [7, 11) is 1.82. The van der Waals surface area contributed by atoms with Crippen LogP contribution >= 0.6 is 0 Å². The lowest BCUT2D eigenvalue weighted by atomic mass is 10.2. The number of carbonyl (C=O) groups excluding carboxylic acids is 1. The fraction of sp³-hybridized carbons (Fsp3) is 0.278. The summed E-state index contributed by atoms with van der Waals surface area (Å²) in [5.41, 5.74) is 7.55.